The number of hydrogen-bond donors (Lipinski definition) is 1. The molecule has 0 radical (unpaired) electrons. The molecular formula is C15H19BrO4. The van der Waals surface area contributed by atoms with Crippen LogP contribution in [0.3, 0.4) is 0 Å². The summed E-state index contributed by atoms with van der Waals surface area (Å²) >= 11 is 3.52. The van der Waals surface area contributed by atoms with E-state index in [1.54, 1.807) is 7.11 Å². The molecule has 1 saturated carbocycles. The zero-order valence-corrected chi connectivity index (χ0v) is 13.1. The molecule has 20 heavy (non-hydrogen) atoms. The van der Waals surface area contributed by atoms with Crippen molar-refractivity contribution in [3.8, 4) is 11.5 Å². The number of halogens is 1. The van der Waals surface area contributed by atoms with Gasteiger partial charge in [0.1, 0.15) is 0 Å². The fraction of sp³-hybridized carbons (Fsp3) is 0.533. The number of methoxy groups -OCH3 is 1. The van der Waals surface area contributed by atoms with Crippen LogP contribution in [0.1, 0.15) is 31.2 Å². The molecular weight excluding hydrogens is 324 g/mol. The van der Waals surface area contributed by atoms with E-state index in [1.807, 2.05) is 12.1 Å². The highest BCUT2D eigenvalue weighted by Crippen LogP contribution is 2.36. The summed E-state index contributed by atoms with van der Waals surface area (Å²) in [7, 11) is 1.62. The molecule has 1 aliphatic carbocycles. The van der Waals surface area contributed by atoms with Gasteiger partial charge in [-0.05, 0) is 49.3 Å². The number of carboxylic acid groups (broad SMARTS) is 1. The van der Waals surface area contributed by atoms with Crippen LogP contribution in [0.2, 0.25) is 0 Å². The summed E-state index contributed by atoms with van der Waals surface area (Å²) in [5.41, 5.74) is 1.04. The van der Waals surface area contributed by atoms with E-state index in [2.05, 4.69) is 15.9 Å². The SMILES string of the molecule is COc1cc(CCCC(=O)O)c(Br)cc1OCC1CC1. The summed E-state index contributed by atoms with van der Waals surface area (Å²) in [5, 5.41) is 8.68. The van der Waals surface area contributed by atoms with Crippen molar-refractivity contribution in [2.24, 2.45) is 5.92 Å². The molecule has 2 rings (SSSR count). The van der Waals surface area contributed by atoms with Crippen LogP contribution in [0.15, 0.2) is 16.6 Å². The molecule has 0 unspecified atom stereocenters. The molecule has 0 aliphatic heterocycles. The Kier molecular flexibility index (Phi) is 5.29. The van der Waals surface area contributed by atoms with Gasteiger partial charge in [0.2, 0.25) is 0 Å². The van der Waals surface area contributed by atoms with E-state index in [0.717, 1.165) is 22.4 Å². The van der Waals surface area contributed by atoms with Crippen molar-refractivity contribution in [3.63, 3.8) is 0 Å². The van der Waals surface area contributed by atoms with E-state index in [-0.39, 0.29) is 6.42 Å². The first kappa shape index (κ1) is 15.2. The molecule has 0 spiro atoms. The first-order valence-corrected chi connectivity index (χ1v) is 7.60. The number of carboxylic acids is 1. The van der Waals surface area contributed by atoms with Crippen LogP contribution in [0, 0.1) is 5.92 Å². The zero-order valence-electron chi connectivity index (χ0n) is 11.5. The largest absolute Gasteiger partial charge is 0.493 e. The molecule has 0 saturated heterocycles. The zero-order chi connectivity index (χ0) is 14.5. The monoisotopic (exact) mass is 342 g/mol. The minimum Gasteiger partial charge on any atom is -0.493 e. The molecule has 0 amide bonds. The van der Waals surface area contributed by atoms with E-state index >= 15 is 0 Å². The Balaban J connectivity index is 2.02. The molecule has 110 valence electrons. The molecule has 1 fully saturated rings. The van der Waals surface area contributed by atoms with Gasteiger partial charge in [-0.15, -0.1) is 0 Å². The van der Waals surface area contributed by atoms with Gasteiger partial charge in [0, 0.05) is 10.9 Å². The smallest absolute Gasteiger partial charge is 0.303 e. The van der Waals surface area contributed by atoms with Gasteiger partial charge in [-0.1, -0.05) is 15.9 Å². The molecule has 5 heteroatoms. The van der Waals surface area contributed by atoms with Gasteiger partial charge < -0.3 is 14.6 Å². The lowest BCUT2D eigenvalue weighted by atomic mass is 10.1. The molecule has 0 heterocycles. The Morgan fingerprint density at radius 1 is 1.40 bits per heavy atom. The van der Waals surface area contributed by atoms with Crippen molar-refractivity contribution < 1.29 is 19.4 Å². The van der Waals surface area contributed by atoms with Crippen molar-refractivity contribution in [1.82, 2.24) is 0 Å². The predicted molar refractivity (Wildman–Crippen MR) is 79.5 cm³/mol. The molecule has 0 bridgehead atoms. The van der Waals surface area contributed by atoms with Crippen LogP contribution in [-0.4, -0.2) is 24.8 Å². The Bertz CT molecular complexity index is 483. The van der Waals surface area contributed by atoms with Crippen LogP contribution in [-0.2, 0) is 11.2 Å². The van der Waals surface area contributed by atoms with Crippen molar-refractivity contribution in [2.45, 2.75) is 32.1 Å². The highest BCUT2D eigenvalue weighted by Gasteiger charge is 2.22. The first-order chi connectivity index (χ1) is 9.60. The summed E-state index contributed by atoms with van der Waals surface area (Å²) in [6, 6.07) is 3.84. The maximum atomic E-state index is 10.6. The lowest BCUT2D eigenvalue weighted by Crippen LogP contribution is -2.02. The second-order valence-corrected chi connectivity index (χ2v) is 5.95. The van der Waals surface area contributed by atoms with E-state index in [4.69, 9.17) is 14.6 Å². The topological polar surface area (TPSA) is 55.8 Å². The highest BCUT2D eigenvalue weighted by molar-refractivity contribution is 9.10. The van der Waals surface area contributed by atoms with E-state index in [0.29, 0.717) is 24.5 Å². The van der Waals surface area contributed by atoms with Gasteiger partial charge in [-0.25, -0.2) is 0 Å². The Morgan fingerprint density at radius 3 is 2.75 bits per heavy atom. The highest BCUT2D eigenvalue weighted by atomic mass is 79.9. The number of aryl methyl sites for hydroxylation is 1. The van der Waals surface area contributed by atoms with Gasteiger partial charge >= 0.3 is 5.97 Å². The first-order valence-electron chi connectivity index (χ1n) is 6.81. The standard InChI is InChI=1S/C15H19BrO4/c1-19-13-7-11(3-2-4-15(17)18)12(16)8-14(13)20-9-10-5-6-10/h7-8,10H,2-6,9H2,1H3,(H,17,18). The third-order valence-electron chi connectivity index (χ3n) is 3.34. The molecule has 0 aromatic heterocycles. The van der Waals surface area contributed by atoms with Crippen molar-refractivity contribution >= 4 is 21.9 Å². The van der Waals surface area contributed by atoms with Crippen molar-refractivity contribution in [1.29, 1.82) is 0 Å². The molecule has 4 nitrogen and oxygen atoms in total. The van der Waals surface area contributed by atoms with Crippen molar-refractivity contribution in [3.05, 3.63) is 22.2 Å². The fourth-order valence-corrected chi connectivity index (χ4v) is 2.48. The Labute approximate surface area is 127 Å². The van der Waals surface area contributed by atoms with Gasteiger partial charge in [-0.3, -0.25) is 4.79 Å². The van der Waals surface area contributed by atoms with Gasteiger partial charge in [0.15, 0.2) is 11.5 Å². The fourth-order valence-electron chi connectivity index (χ4n) is 1.96. The van der Waals surface area contributed by atoms with Crippen LogP contribution < -0.4 is 9.47 Å². The van der Waals surface area contributed by atoms with E-state index < -0.39 is 5.97 Å². The lowest BCUT2D eigenvalue weighted by molar-refractivity contribution is -0.137. The lowest BCUT2D eigenvalue weighted by Gasteiger charge is -2.13. The summed E-state index contributed by atoms with van der Waals surface area (Å²) in [6.45, 7) is 0.737. The average molecular weight is 343 g/mol. The van der Waals surface area contributed by atoms with Crippen LogP contribution in [0.4, 0.5) is 0 Å². The molecule has 0 atom stereocenters. The second-order valence-electron chi connectivity index (χ2n) is 5.10. The number of ether oxygens (including phenoxy) is 2. The molecule has 1 aliphatic rings. The number of aliphatic carboxylic acids is 1. The van der Waals surface area contributed by atoms with Gasteiger partial charge in [-0.2, -0.15) is 0 Å². The van der Waals surface area contributed by atoms with Crippen LogP contribution in [0.5, 0.6) is 11.5 Å². The Morgan fingerprint density at radius 2 is 2.15 bits per heavy atom. The van der Waals surface area contributed by atoms with E-state index in [1.165, 1.54) is 12.8 Å². The summed E-state index contributed by atoms with van der Waals surface area (Å²) in [6.07, 6.45) is 3.98. The normalized spacial score (nSPS) is 14.1. The third-order valence-corrected chi connectivity index (χ3v) is 4.08. The number of benzene rings is 1. The number of hydrogen-bond acceptors (Lipinski definition) is 3. The van der Waals surface area contributed by atoms with Gasteiger partial charge in [0.25, 0.3) is 0 Å². The van der Waals surface area contributed by atoms with E-state index in [9.17, 15) is 4.79 Å². The molecule has 1 aromatic carbocycles. The average Bonchev–Trinajstić information content (AvgIpc) is 3.22. The maximum absolute atomic E-state index is 10.6. The van der Waals surface area contributed by atoms with Crippen LogP contribution in [0.25, 0.3) is 0 Å². The molecule has 1 N–H and O–H groups in total. The Hall–Kier alpha value is -1.23. The van der Waals surface area contributed by atoms with Crippen molar-refractivity contribution in [2.75, 3.05) is 13.7 Å². The van der Waals surface area contributed by atoms with Gasteiger partial charge in [0.05, 0.1) is 13.7 Å². The minimum atomic E-state index is -0.766. The maximum Gasteiger partial charge on any atom is 0.303 e. The summed E-state index contributed by atoms with van der Waals surface area (Å²) in [5.74, 6) is 1.37. The second kappa shape index (κ2) is 6.97. The molecule has 1 aromatic rings. The number of carbonyl (C=O) groups is 1. The predicted octanol–water partition coefficient (Wildman–Crippen LogP) is 3.65. The van der Waals surface area contributed by atoms with Crippen LogP contribution >= 0.6 is 15.9 Å². The third kappa shape index (κ3) is 4.40. The quantitative estimate of drug-likeness (QED) is 0.783. The minimum absolute atomic E-state index is 0.175. The summed E-state index contributed by atoms with van der Waals surface area (Å²) in [4.78, 5) is 10.6. The number of rotatable bonds is 8. The summed E-state index contributed by atoms with van der Waals surface area (Å²) < 4.78 is 12.1.